The van der Waals surface area contributed by atoms with Gasteiger partial charge in [0.05, 0.1) is 0 Å². The molecule has 1 nitrogen and oxygen atoms in total. The molecular formula is C31H27OP. The lowest BCUT2D eigenvalue weighted by Gasteiger charge is -2.21. The van der Waals surface area contributed by atoms with Crippen LogP contribution >= 0.6 is 7.92 Å². The molecule has 0 amide bonds. The van der Waals surface area contributed by atoms with Gasteiger partial charge in [0.1, 0.15) is 12.1 Å². The Hall–Kier alpha value is -3.15. The molecule has 0 saturated carbocycles. The standard InChI is InChI=1S/C31H27OP/c1-19-16-20(2)28(21(3)17-19)30-24-12-7-5-10-22(24)29(23-11-6-8-13-25(23)30)26-14-9-15-27-31(26)33(4)18-32-27/h5-17H,18H2,1-4H3/t33-/m1/s1. The van der Waals surface area contributed by atoms with Crippen molar-refractivity contribution in [3.8, 4) is 28.0 Å². The van der Waals surface area contributed by atoms with E-state index in [0.717, 1.165) is 12.1 Å². The van der Waals surface area contributed by atoms with Crippen LogP contribution in [0, 0.1) is 20.8 Å². The molecule has 1 atom stereocenters. The molecule has 0 bridgehead atoms. The van der Waals surface area contributed by atoms with Gasteiger partial charge in [0.15, 0.2) is 0 Å². The van der Waals surface area contributed by atoms with Crippen molar-refractivity contribution in [2.24, 2.45) is 0 Å². The molecule has 162 valence electrons. The lowest BCUT2D eigenvalue weighted by molar-refractivity contribution is 0.402. The van der Waals surface area contributed by atoms with Crippen LogP contribution in [0.15, 0.2) is 78.9 Å². The number of fused-ring (bicyclic) bond motifs is 3. The zero-order valence-corrected chi connectivity index (χ0v) is 20.5. The Kier molecular flexibility index (Phi) is 4.78. The highest BCUT2D eigenvalue weighted by Gasteiger charge is 2.26. The summed E-state index contributed by atoms with van der Waals surface area (Å²) in [5.74, 6) is 1.06. The quantitative estimate of drug-likeness (QED) is 0.196. The second-order valence-corrected chi connectivity index (χ2v) is 11.3. The lowest BCUT2D eigenvalue weighted by Crippen LogP contribution is -2.03. The van der Waals surface area contributed by atoms with Crippen molar-refractivity contribution in [1.82, 2.24) is 0 Å². The van der Waals surface area contributed by atoms with Crippen LogP contribution in [0.25, 0.3) is 43.8 Å². The summed E-state index contributed by atoms with van der Waals surface area (Å²) in [6, 6.07) is 29.1. The van der Waals surface area contributed by atoms with E-state index in [4.69, 9.17) is 4.74 Å². The van der Waals surface area contributed by atoms with Gasteiger partial charge in [-0.15, -0.1) is 0 Å². The average molecular weight is 447 g/mol. The van der Waals surface area contributed by atoms with E-state index in [-0.39, 0.29) is 7.92 Å². The van der Waals surface area contributed by atoms with Gasteiger partial charge in [0.25, 0.3) is 0 Å². The second-order valence-electron chi connectivity index (χ2n) is 9.24. The molecule has 33 heavy (non-hydrogen) atoms. The third kappa shape index (κ3) is 3.10. The highest BCUT2D eigenvalue weighted by Crippen LogP contribution is 2.49. The van der Waals surface area contributed by atoms with Crippen LogP contribution in [0.1, 0.15) is 16.7 Å². The van der Waals surface area contributed by atoms with E-state index in [0.29, 0.717) is 0 Å². The summed E-state index contributed by atoms with van der Waals surface area (Å²) in [6.07, 6.45) is 0.817. The van der Waals surface area contributed by atoms with Crippen molar-refractivity contribution in [3.05, 3.63) is 95.6 Å². The van der Waals surface area contributed by atoms with Gasteiger partial charge in [-0.3, -0.25) is 0 Å². The van der Waals surface area contributed by atoms with Gasteiger partial charge in [-0.1, -0.05) is 78.4 Å². The largest absolute Gasteiger partial charge is 0.488 e. The van der Waals surface area contributed by atoms with E-state index in [2.05, 4.69) is 106 Å². The first-order chi connectivity index (χ1) is 16.0. The van der Waals surface area contributed by atoms with E-state index in [9.17, 15) is 0 Å². The van der Waals surface area contributed by atoms with Gasteiger partial charge in [-0.2, -0.15) is 0 Å². The fraction of sp³-hybridized carbons (Fsp3) is 0.161. The van der Waals surface area contributed by atoms with Crippen molar-refractivity contribution in [1.29, 1.82) is 0 Å². The van der Waals surface area contributed by atoms with Crippen LogP contribution in [0.4, 0.5) is 0 Å². The number of hydrogen-bond donors (Lipinski definition) is 0. The molecule has 0 aromatic heterocycles. The van der Waals surface area contributed by atoms with E-state index in [1.54, 1.807) is 0 Å². The van der Waals surface area contributed by atoms with Crippen LogP contribution < -0.4 is 10.0 Å². The third-order valence-electron chi connectivity index (χ3n) is 6.92. The Labute approximate surface area is 196 Å². The lowest BCUT2D eigenvalue weighted by atomic mass is 9.83. The Morgan fingerprint density at radius 3 is 1.76 bits per heavy atom. The normalized spacial score (nSPS) is 15.1. The highest BCUT2D eigenvalue weighted by molar-refractivity contribution is 7.65. The molecule has 0 spiro atoms. The Bertz CT molecular complexity index is 1480. The van der Waals surface area contributed by atoms with Crippen molar-refractivity contribution in [3.63, 3.8) is 0 Å². The minimum atomic E-state index is -0.324. The molecule has 1 aliphatic rings. The maximum Gasteiger partial charge on any atom is 0.128 e. The fourth-order valence-electron chi connectivity index (χ4n) is 5.73. The smallest absolute Gasteiger partial charge is 0.128 e. The molecule has 0 fully saturated rings. The predicted molar refractivity (Wildman–Crippen MR) is 145 cm³/mol. The van der Waals surface area contributed by atoms with Gasteiger partial charge >= 0.3 is 0 Å². The molecule has 0 N–H and O–H groups in total. The van der Waals surface area contributed by atoms with Gasteiger partial charge in [-0.05, 0) is 96.3 Å². The first-order valence-electron chi connectivity index (χ1n) is 11.5. The number of hydrogen-bond acceptors (Lipinski definition) is 1. The summed E-state index contributed by atoms with van der Waals surface area (Å²) < 4.78 is 6.06. The van der Waals surface area contributed by atoms with Crippen LogP contribution in [0.2, 0.25) is 0 Å². The SMILES string of the molecule is Cc1cc(C)c(-c2c3ccccc3c(-c3cccc4c3[P@](C)CO4)c3ccccc23)c(C)c1. The summed E-state index contributed by atoms with van der Waals surface area (Å²) >= 11 is 0. The van der Waals surface area contributed by atoms with Gasteiger partial charge < -0.3 is 4.74 Å². The highest BCUT2D eigenvalue weighted by atomic mass is 31.1. The molecule has 2 heteroatoms. The first-order valence-corrected chi connectivity index (χ1v) is 13.5. The zero-order valence-electron chi connectivity index (χ0n) is 19.6. The number of benzene rings is 5. The molecule has 0 radical (unpaired) electrons. The van der Waals surface area contributed by atoms with Gasteiger partial charge in [-0.25, -0.2) is 0 Å². The summed E-state index contributed by atoms with van der Waals surface area (Å²) in [6.45, 7) is 9.02. The molecule has 5 aromatic rings. The van der Waals surface area contributed by atoms with Crippen molar-refractivity contribution in [2.75, 3.05) is 13.0 Å². The molecule has 0 aliphatic carbocycles. The minimum absolute atomic E-state index is 0.324. The summed E-state index contributed by atoms with van der Waals surface area (Å²) in [5, 5.41) is 6.67. The molecule has 0 unspecified atom stereocenters. The van der Waals surface area contributed by atoms with Crippen molar-refractivity contribution < 1.29 is 4.74 Å². The van der Waals surface area contributed by atoms with Crippen LogP contribution in [0.3, 0.4) is 0 Å². The predicted octanol–water partition coefficient (Wildman–Crippen LogP) is 8.34. The number of aryl methyl sites for hydroxylation is 3. The second kappa shape index (κ2) is 7.72. The molecule has 6 rings (SSSR count). The van der Waals surface area contributed by atoms with E-state index >= 15 is 0 Å². The van der Waals surface area contributed by atoms with Crippen LogP contribution in [0.5, 0.6) is 5.75 Å². The fourth-order valence-corrected chi connectivity index (χ4v) is 7.30. The first kappa shape index (κ1) is 20.5. The van der Waals surface area contributed by atoms with Gasteiger partial charge in [0.2, 0.25) is 0 Å². The third-order valence-corrected chi connectivity index (χ3v) is 8.66. The molecule has 0 saturated heterocycles. The summed E-state index contributed by atoms with van der Waals surface area (Å²) in [5.41, 5.74) is 9.36. The Morgan fingerprint density at radius 1 is 0.636 bits per heavy atom. The van der Waals surface area contributed by atoms with E-state index in [1.165, 1.54) is 65.8 Å². The summed E-state index contributed by atoms with van der Waals surface area (Å²) in [7, 11) is -0.324. The minimum Gasteiger partial charge on any atom is -0.488 e. The van der Waals surface area contributed by atoms with Crippen LogP contribution in [-0.2, 0) is 0 Å². The monoisotopic (exact) mass is 446 g/mol. The van der Waals surface area contributed by atoms with E-state index in [1.807, 2.05) is 0 Å². The molecule has 5 aromatic carbocycles. The molecule has 1 aliphatic heterocycles. The molecule has 1 heterocycles. The topological polar surface area (TPSA) is 9.23 Å². The number of rotatable bonds is 2. The Morgan fingerprint density at radius 2 is 1.18 bits per heavy atom. The van der Waals surface area contributed by atoms with Crippen molar-refractivity contribution >= 4 is 34.8 Å². The maximum atomic E-state index is 6.06. The van der Waals surface area contributed by atoms with Gasteiger partial charge in [0, 0.05) is 5.30 Å². The van der Waals surface area contributed by atoms with Crippen LogP contribution in [-0.4, -0.2) is 13.0 Å². The Balaban J connectivity index is 1.82. The number of ether oxygens (including phenoxy) is 1. The molecular weight excluding hydrogens is 419 g/mol. The zero-order chi connectivity index (χ0) is 22.7. The summed E-state index contributed by atoms with van der Waals surface area (Å²) in [4.78, 5) is 0. The van der Waals surface area contributed by atoms with Crippen molar-refractivity contribution in [2.45, 2.75) is 20.8 Å². The maximum absolute atomic E-state index is 6.06. The average Bonchev–Trinajstić information content (AvgIpc) is 3.19. The van der Waals surface area contributed by atoms with E-state index < -0.39 is 0 Å².